The Morgan fingerprint density at radius 1 is 1.02 bits per heavy atom. The Bertz CT molecular complexity index is 1500. The normalized spacial score (nSPS) is 24.1. The van der Waals surface area contributed by atoms with Crippen LogP contribution in [-0.2, 0) is 6.18 Å². The zero-order valence-electron chi connectivity index (χ0n) is 22.4. The molecule has 1 saturated carbocycles. The number of halogens is 4. The summed E-state index contributed by atoms with van der Waals surface area (Å²) in [6, 6.07) is 13.1. The number of aliphatic hydroxyl groups is 2. The highest BCUT2D eigenvalue weighted by Crippen LogP contribution is 2.63. The number of aromatic carboxylic acids is 1. The summed E-state index contributed by atoms with van der Waals surface area (Å²) in [5, 5.41) is 33.5. The van der Waals surface area contributed by atoms with E-state index in [1.165, 1.54) is 24.1 Å². The largest absolute Gasteiger partial charge is 0.478 e. The standard InChI is InChI=1S/C29H30ClF3N2O6S/c1-34-28(39,19-8-4-2-5-9-19)27(38)35(21-10-6-3-7-11-21)24-16-23(30)22(15-25(24)42(34,40)41)17-12-18(26(36)37)14-20(13-17)29(31,32)33/h3,6-7,10-16,19,27,38-41H,2,4-5,8-9H2,1H3,(H,36,37). The van der Waals surface area contributed by atoms with Gasteiger partial charge in [-0.2, -0.15) is 17.5 Å². The van der Waals surface area contributed by atoms with E-state index < -0.39 is 51.9 Å². The predicted octanol–water partition coefficient (Wildman–Crippen LogP) is 7.42. The molecule has 2 aliphatic rings. The van der Waals surface area contributed by atoms with Gasteiger partial charge in [-0.1, -0.05) is 49.1 Å². The van der Waals surface area contributed by atoms with Gasteiger partial charge in [0.05, 0.1) is 26.7 Å². The van der Waals surface area contributed by atoms with E-state index in [4.69, 9.17) is 11.6 Å². The molecular weight excluding hydrogens is 597 g/mol. The summed E-state index contributed by atoms with van der Waals surface area (Å²) in [5.41, 5.74) is -3.92. The van der Waals surface area contributed by atoms with Crippen LogP contribution in [0.25, 0.3) is 11.1 Å². The van der Waals surface area contributed by atoms with Crippen molar-refractivity contribution in [1.29, 1.82) is 0 Å². The topological polar surface area (TPSA) is 125 Å². The Kier molecular flexibility index (Phi) is 8.03. The molecule has 13 heteroatoms. The van der Waals surface area contributed by atoms with E-state index in [2.05, 4.69) is 0 Å². The fraction of sp³-hybridized carbons (Fsp3) is 0.345. The fourth-order valence-electron chi connectivity index (χ4n) is 5.94. The Hall–Kier alpha value is -2.84. The van der Waals surface area contributed by atoms with Crippen molar-refractivity contribution in [3.05, 3.63) is 76.8 Å². The minimum absolute atomic E-state index is 0.0199. The van der Waals surface area contributed by atoms with Gasteiger partial charge in [0.1, 0.15) is 0 Å². The lowest BCUT2D eigenvalue weighted by Crippen LogP contribution is -2.63. The van der Waals surface area contributed by atoms with Gasteiger partial charge in [0.15, 0.2) is 12.0 Å². The third-order valence-corrected chi connectivity index (χ3v) is 10.5. The van der Waals surface area contributed by atoms with E-state index >= 15 is 0 Å². The van der Waals surface area contributed by atoms with Crippen molar-refractivity contribution in [2.24, 2.45) is 5.92 Å². The Labute approximate surface area is 247 Å². The Morgan fingerprint density at radius 2 is 1.67 bits per heavy atom. The molecule has 1 aliphatic carbocycles. The number of benzene rings is 3. The quantitative estimate of drug-likeness (QED) is 0.203. The van der Waals surface area contributed by atoms with Crippen molar-refractivity contribution in [3.63, 3.8) is 0 Å². The van der Waals surface area contributed by atoms with E-state index in [-0.39, 0.29) is 26.7 Å². The highest BCUT2D eigenvalue weighted by atomic mass is 35.5. The van der Waals surface area contributed by atoms with Crippen LogP contribution in [0.15, 0.2) is 65.6 Å². The van der Waals surface area contributed by atoms with Crippen molar-refractivity contribution >= 4 is 39.7 Å². The molecule has 2 atom stereocenters. The van der Waals surface area contributed by atoms with Gasteiger partial charge in [-0.05, 0) is 60.9 Å². The molecule has 3 aromatic rings. The summed E-state index contributed by atoms with van der Waals surface area (Å²) in [6.45, 7) is 0. The molecule has 0 saturated heterocycles. The zero-order valence-corrected chi connectivity index (χ0v) is 24.0. The molecule has 5 N–H and O–H groups in total. The highest BCUT2D eigenvalue weighted by molar-refractivity contribution is 8.22. The van der Waals surface area contributed by atoms with Gasteiger partial charge in [0.25, 0.3) is 0 Å². The average molecular weight is 627 g/mol. The Balaban J connectivity index is 1.79. The summed E-state index contributed by atoms with van der Waals surface area (Å²) in [6.07, 6.45) is -3.09. The number of aliphatic hydroxyl groups excluding tert-OH is 1. The maximum absolute atomic E-state index is 13.7. The summed E-state index contributed by atoms with van der Waals surface area (Å²) in [7, 11) is -2.83. The first-order valence-corrected chi connectivity index (χ1v) is 15.1. The number of likely N-dealkylation sites (N-methyl/N-ethyl adjacent to an activating group) is 1. The van der Waals surface area contributed by atoms with E-state index in [9.17, 15) is 42.4 Å². The number of para-hydroxylation sites is 1. The number of carbonyl (C=O) groups is 1. The number of hydrogen-bond donors (Lipinski definition) is 5. The molecule has 0 amide bonds. The molecule has 1 fully saturated rings. The van der Waals surface area contributed by atoms with Crippen molar-refractivity contribution in [2.45, 2.75) is 55.1 Å². The maximum atomic E-state index is 13.7. The first-order valence-electron chi connectivity index (χ1n) is 13.2. The van der Waals surface area contributed by atoms with Crippen LogP contribution < -0.4 is 4.90 Å². The number of alkyl halides is 3. The van der Waals surface area contributed by atoms with Crippen molar-refractivity contribution in [2.75, 3.05) is 11.9 Å². The van der Waals surface area contributed by atoms with Crippen LogP contribution in [0, 0.1) is 5.92 Å². The second-order valence-electron chi connectivity index (χ2n) is 10.6. The number of fused-ring (bicyclic) bond motifs is 1. The Morgan fingerprint density at radius 3 is 2.26 bits per heavy atom. The fourth-order valence-corrected chi connectivity index (χ4v) is 7.87. The van der Waals surface area contributed by atoms with Crippen LogP contribution >= 0.6 is 22.4 Å². The van der Waals surface area contributed by atoms with Gasteiger partial charge in [-0.25, -0.2) is 4.79 Å². The SMILES string of the molecule is CN1C(O)(C2CCCCC2)C(O)N(c2ccccc2)c2cc(Cl)c(-c3cc(C(=O)O)cc(C(F)(F)F)c3)cc2S1(O)O. The van der Waals surface area contributed by atoms with E-state index in [1.807, 2.05) is 0 Å². The third-order valence-electron chi connectivity index (χ3n) is 8.17. The molecule has 1 aliphatic heterocycles. The number of hydrogen-bond acceptors (Lipinski definition) is 7. The first kappa shape index (κ1) is 30.6. The zero-order chi connectivity index (χ0) is 30.6. The number of rotatable bonds is 4. The lowest BCUT2D eigenvalue weighted by Gasteiger charge is -2.52. The molecule has 0 bridgehead atoms. The summed E-state index contributed by atoms with van der Waals surface area (Å²) in [4.78, 5) is 12.8. The van der Waals surface area contributed by atoms with Crippen LogP contribution in [-0.4, -0.2) is 53.7 Å². The van der Waals surface area contributed by atoms with Gasteiger partial charge in [-0.15, -0.1) is 10.8 Å². The van der Waals surface area contributed by atoms with Crippen LogP contribution in [0.4, 0.5) is 24.5 Å². The number of anilines is 2. The van der Waals surface area contributed by atoms with Gasteiger partial charge in [0, 0.05) is 24.2 Å². The molecule has 1 heterocycles. The molecule has 3 aromatic carbocycles. The molecule has 42 heavy (non-hydrogen) atoms. The molecular formula is C29H30ClF3N2O6S. The monoisotopic (exact) mass is 626 g/mol. The minimum atomic E-state index is -4.87. The number of carboxylic acid groups (broad SMARTS) is 1. The van der Waals surface area contributed by atoms with Crippen molar-refractivity contribution < 1.29 is 42.4 Å². The average Bonchev–Trinajstić information content (AvgIpc) is 3.00. The molecule has 0 radical (unpaired) electrons. The lowest BCUT2D eigenvalue weighted by atomic mass is 9.80. The van der Waals surface area contributed by atoms with E-state index in [0.29, 0.717) is 24.6 Å². The third kappa shape index (κ3) is 5.15. The van der Waals surface area contributed by atoms with Crippen LogP contribution in [0.1, 0.15) is 48.0 Å². The highest BCUT2D eigenvalue weighted by Gasteiger charge is 2.57. The van der Waals surface area contributed by atoms with Gasteiger partial charge in [0.2, 0.25) is 0 Å². The minimum Gasteiger partial charge on any atom is -0.478 e. The van der Waals surface area contributed by atoms with Crippen LogP contribution in [0.5, 0.6) is 0 Å². The second kappa shape index (κ2) is 11.0. The van der Waals surface area contributed by atoms with Crippen LogP contribution in [0.3, 0.4) is 0 Å². The van der Waals surface area contributed by atoms with Gasteiger partial charge < -0.3 is 20.2 Å². The molecule has 0 aromatic heterocycles. The maximum Gasteiger partial charge on any atom is 0.416 e. The van der Waals surface area contributed by atoms with Gasteiger partial charge in [-0.3, -0.25) is 9.11 Å². The first-order chi connectivity index (χ1) is 19.7. The molecule has 0 spiro atoms. The van der Waals surface area contributed by atoms with Crippen molar-refractivity contribution in [1.82, 2.24) is 4.31 Å². The molecule has 226 valence electrons. The predicted molar refractivity (Wildman–Crippen MR) is 154 cm³/mol. The van der Waals surface area contributed by atoms with Crippen molar-refractivity contribution in [3.8, 4) is 11.1 Å². The molecule has 5 rings (SSSR count). The number of carboxylic acids is 1. The summed E-state index contributed by atoms with van der Waals surface area (Å²) in [5.74, 6) is -2.14. The summed E-state index contributed by atoms with van der Waals surface area (Å²) >= 11 is 6.63. The smallest absolute Gasteiger partial charge is 0.416 e. The molecule has 8 nitrogen and oxygen atoms in total. The molecule has 2 unspecified atom stereocenters. The van der Waals surface area contributed by atoms with Crippen LogP contribution in [0.2, 0.25) is 5.02 Å². The number of nitrogens with zero attached hydrogens (tertiary/aromatic N) is 2. The van der Waals surface area contributed by atoms with Gasteiger partial charge >= 0.3 is 12.1 Å². The summed E-state index contributed by atoms with van der Waals surface area (Å²) < 4.78 is 65.6. The van der Waals surface area contributed by atoms with E-state index in [1.54, 1.807) is 30.3 Å². The lowest BCUT2D eigenvalue weighted by molar-refractivity contribution is -0.180. The van der Waals surface area contributed by atoms with E-state index in [0.717, 1.165) is 35.7 Å². The second-order valence-corrected chi connectivity index (χ2v) is 13.0.